The number of benzene rings is 2. The molecular weight excluding hydrogens is 340 g/mol. The van der Waals surface area contributed by atoms with Crippen molar-refractivity contribution in [1.29, 1.82) is 0 Å². The molecule has 1 N–H and O–H groups in total. The van der Waals surface area contributed by atoms with E-state index in [1.165, 1.54) is 4.57 Å². The summed E-state index contributed by atoms with van der Waals surface area (Å²) in [6.45, 7) is 7.83. The Morgan fingerprint density at radius 1 is 1.11 bits per heavy atom. The van der Waals surface area contributed by atoms with Gasteiger partial charge in [0.25, 0.3) is 5.56 Å². The molecule has 0 bridgehead atoms. The molecule has 3 aromatic rings. The van der Waals surface area contributed by atoms with Crippen LogP contribution < -0.4 is 15.6 Å². The van der Waals surface area contributed by atoms with E-state index in [1.807, 2.05) is 58.0 Å². The zero-order valence-corrected chi connectivity index (χ0v) is 16.1. The Kier molecular flexibility index (Phi) is 5.31. The Balaban J connectivity index is 1.81. The molecule has 27 heavy (non-hydrogen) atoms. The van der Waals surface area contributed by atoms with Crippen LogP contribution in [0.1, 0.15) is 25.0 Å². The highest BCUT2D eigenvalue weighted by Crippen LogP contribution is 2.20. The number of hydrogen-bond donors (Lipinski definition) is 1. The van der Waals surface area contributed by atoms with Crippen LogP contribution in [0.3, 0.4) is 0 Å². The number of pyridine rings is 1. The van der Waals surface area contributed by atoms with Crippen LogP contribution in [0.2, 0.25) is 0 Å². The molecule has 0 fully saturated rings. The quantitative estimate of drug-likeness (QED) is 0.743. The van der Waals surface area contributed by atoms with Crippen LogP contribution in [0.5, 0.6) is 5.75 Å². The van der Waals surface area contributed by atoms with Crippen molar-refractivity contribution in [3.8, 4) is 5.75 Å². The molecular formula is C22H24N2O3. The topological polar surface area (TPSA) is 60.3 Å². The summed E-state index contributed by atoms with van der Waals surface area (Å²) in [4.78, 5) is 25.1. The van der Waals surface area contributed by atoms with Gasteiger partial charge in [0.15, 0.2) is 0 Å². The largest absolute Gasteiger partial charge is 0.491 e. The molecule has 0 aliphatic heterocycles. The van der Waals surface area contributed by atoms with Gasteiger partial charge in [-0.3, -0.25) is 9.59 Å². The number of fused-ring (bicyclic) bond motifs is 1. The van der Waals surface area contributed by atoms with E-state index in [-0.39, 0.29) is 24.1 Å². The standard InChI is InChI=1S/C22H24N2O3/c1-14(2)27-18-6-7-19-17(12-18)9-10-24(22(19)26)13-21(25)23-20-8-5-15(3)11-16(20)4/h5-12,14H,13H2,1-4H3,(H,23,25). The van der Waals surface area contributed by atoms with Crippen molar-refractivity contribution in [3.63, 3.8) is 0 Å². The average molecular weight is 364 g/mol. The van der Waals surface area contributed by atoms with Gasteiger partial charge in [-0.15, -0.1) is 0 Å². The van der Waals surface area contributed by atoms with Crippen molar-refractivity contribution in [1.82, 2.24) is 4.57 Å². The van der Waals surface area contributed by atoms with Crippen LogP contribution in [0, 0.1) is 13.8 Å². The lowest BCUT2D eigenvalue weighted by atomic mass is 10.1. The Morgan fingerprint density at radius 2 is 1.89 bits per heavy atom. The molecule has 0 unspecified atom stereocenters. The van der Waals surface area contributed by atoms with Crippen molar-refractivity contribution in [2.24, 2.45) is 0 Å². The fraction of sp³-hybridized carbons (Fsp3) is 0.273. The number of carbonyl (C=O) groups is 1. The molecule has 140 valence electrons. The lowest BCUT2D eigenvalue weighted by Crippen LogP contribution is -2.27. The summed E-state index contributed by atoms with van der Waals surface area (Å²) in [5.74, 6) is 0.491. The smallest absolute Gasteiger partial charge is 0.258 e. The lowest BCUT2D eigenvalue weighted by molar-refractivity contribution is -0.116. The average Bonchev–Trinajstić information content (AvgIpc) is 2.59. The van der Waals surface area contributed by atoms with E-state index in [4.69, 9.17) is 4.74 Å². The molecule has 5 nitrogen and oxygen atoms in total. The van der Waals surface area contributed by atoms with Crippen LogP contribution in [0.15, 0.2) is 53.5 Å². The summed E-state index contributed by atoms with van der Waals surface area (Å²) >= 11 is 0. The number of ether oxygens (including phenoxy) is 1. The Hall–Kier alpha value is -3.08. The monoisotopic (exact) mass is 364 g/mol. The molecule has 3 rings (SSSR count). The van der Waals surface area contributed by atoms with Crippen molar-refractivity contribution in [2.45, 2.75) is 40.3 Å². The third-order valence-corrected chi connectivity index (χ3v) is 4.29. The number of nitrogens with zero attached hydrogens (tertiary/aromatic N) is 1. The maximum atomic E-state index is 12.7. The number of anilines is 1. The maximum absolute atomic E-state index is 12.7. The molecule has 1 amide bonds. The number of aromatic nitrogens is 1. The minimum atomic E-state index is -0.233. The van der Waals surface area contributed by atoms with Gasteiger partial charge in [0.1, 0.15) is 12.3 Å². The molecule has 0 spiro atoms. The maximum Gasteiger partial charge on any atom is 0.258 e. The van der Waals surface area contributed by atoms with E-state index in [1.54, 1.807) is 18.3 Å². The van der Waals surface area contributed by atoms with E-state index in [2.05, 4.69) is 5.32 Å². The number of amides is 1. The molecule has 5 heteroatoms. The van der Waals surface area contributed by atoms with Crippen molar-refractivity contribution in [3.05, 3.63) is 70.1 Å². The summed E-state index contributed by atoms with van der Waals surface area (Å²) in [6.07, 6.45) is 1.71. The summed E-state index contributed by atoms with van der Waals surface area (Å²) in [5, 5.41) is 4.23. The summed E-state index contributed by atoms with van der Waals surface area (Å²) in [7, 11) is 0. The van der Waals surface area contributed by atoms with Gasteiger partial charge in [0.05, 0.1) is 6.10 Å². The molecule has 0 saturated carbocycles. The first kappa shape index (κ1) is 18.7. The Bertz CT molecular complexity index is 1050. The predicted molar refractivity (Wildman–Crippen MR) is 109 cm³/mol. The number of aryl methyl sites for hydroxylation is 2. The second kappa shape index (κ2) is 7.66. The lowest BCUT2D eigenvalue weighted by Gasteiger charge is -2.12. The van der Waals surface area contributed by atoms with Crippen molar-refractivity contribution in [2.75, 3.05) is 5.32 Å². The first-order valence-electron chi connectivity index (χ1n) is 9.00. The molecule has 1 heterocycles. The van der Waals surface area contributed by atoms with Crippen molar-refractivity contribution < 1.29 is 9.53 Å². The third-order valence-electron chi connectivity index (χ3n) is 4.29. The van der Waals surface area contributed by atoms with Gasteiger partial charge in [-0.05, 0) is 69.0 Å². The highest BCUT2D eigenvalue weighted by atomic mass is 16.5. The molecule has 0 aliphatic rings. The van der Waals surface area contributed by atoms with E-state index in [0.29, 0.717) is 5.39 Å². The highest BCUT2D eigenvalue weighted by molar-refractivity contribution is 5.91. The molecule has 0 radical (unpaired) electrons. The van der Waals surface area contributed by atoms with E-state index < -0.39 is 0 Å². The molecule has 2 aromatic carbocycles. The molecule has 0 saturated heterocycles. The van der Waals surface area contributed by atoms with Crippen molar-refractivity contribution >= 4 is 22.4 Å². The van der Waals surface area contributed by atoms with Crippen LogP contribution in [-0.4, -0.2) is 16.6 Å². The van der Waals surface area contributed by atoms with Gasteiger partial charge in [-0.2, -0.15) is 0 Å². The minimum absolute atomic E-state index is 0.0354. The SMILES string of the molecule is Cc1ccc(NC(=O)Cn2ccc3cc(OC(C)C)ccc3c2=O)c(C)c1. The van der Waals surface area contributed by atoms with Crippen LogP contribution in [0.25, 0.3) is 10.8 Å². The number of rotatable bonds is 5. The van der Waals surface area contributed by atoms with Gasteiger partial charge >= 0.3 is 0 Å². The van der Waals surface area contributed by atoms with E-state index in [0.717, 1.165) is 28.0 Å². The number of nitrogens with one attached hydrogen (secondary N) is 1. The first-order chi connectivity index (χ1) is 12.8. The summed E-state index contributed by atoms with van der Waals surface area (Å²) < 4.78 is 7.09. The van der Waals surface area contributed by atoms with Crippen LogP contribution >= 0.6 is 0 Å². The van der Waals surface area contributed by atoms with Crippen LogP contribution in [-0.2, 0) is 11.3 Å². The van der Waals surface area contributed by atoms with Gasteiger partial charge < -0.3 is 14.6 Å². The molecule has 1 aromatic heterocycles. The number of carbonyl (C=O) groups excluding carboxylic acids is 1. The predicted octanol–water partition coefficient (Wildman–Crippen LogP) is 4.04. The van der Waals surface area contributed by atoms with E-state index >= 15 is 0 Å². The van der Waals surface area contributed by atoms with Crippen LogP contribution in [0.4, 0.5) is 5.69 Å². The van der Waals surface area contributed by atoms with Gasteiger partial charge in [-0.1, -0.05) is 17.7 Å². The second-order valence-electron chi connectivity index (χ2n) is 7.03. The molecule has 0 atom stereocenters. The Labute approximate surface area is 158 Å². The highest BCUT2D eigenvalue weighted by Gasteiger charge is 2.10. The summed E-state index contributed by atoms with van der Waals surface area (Å²) in [5.41, 5.74) is 2.69. The van der Waals surface area contributed by atoms with Gasteiger partial charge in [0, 0.05) is 17.3 Å². The minimum Gasteiger partial charge on any atom is -0.491 e. The summed E-state index contributed by atoms with van der Waals surface area (Å²) in [6, 6.07) is 13.0. The van der Waals surface area contributed by atoms with Gasteiger partial charge in [-0.25, -0.2) is 0 Å². The van der Waals surface area contributed by atoms with E-state index in [9.17, 15) is 9.59 Å². The zero-order valence-electron chi connectivity index (χ0n) is 16.1. The first-order valence-corrected chi connectivity index (χ1v) is 9.00. The molecule has 0 aliphatic carbocycles. The fourth-order valence-corrected chi connectivity index (χ4v) is 3.03. The normalized spacial score (nSPS) is 11.0. The fourth-order valence-electron chi connectivity index (χ4n) is 3.03. The third kappa shape index (κ3) is 4.37. The second-order valence-corrected chi connectivity index (χ2v) is 7.03. The number of hydrogen-bond acceptors (Lipinski definition) is 3. The zero-order chi connectivity index (χ0) is 19.6. The van der Waals surface area contributed by atoms with Gasteiger partial charge in [0.2, 0.25) is 5.91 Å². The Morgan fingerprint density at radius 3 is 2.59 bits per heavy atom.